The van der Waals surface area contributed by atoms with Crippen LogP contribution in [0.15, 0.2) is 12.2 Å². The number of rotatable bonds is 2. The fraction of sp³-hybridized carbons (Fsp3) is 0.667. The molecule has 0 radical (unpaired) electrons. The fourth-order valence-electron chi connectivity index (χ4n) is 1.24. The molecule has 0 amide bonds. The minimum absolute atomic E-state index is 0.252. The average Bonchev–Trinajstić information content (AvgIpc) is 1.96. The molecule has 0 saturated heterocycles. The average molecular weight is 154 g/mol. The molecule has 0 atom stereocenters. The van der Waals surface area contributed by atoms with Crippen LogP contribution in [-0.2, 0) is 9.53 Å². The van der Waals surface area contributed by atoms with Crippen LogP contribution in [0.1, 0.15) is 26.2 Å². The van der Waals surface area contributed by atoms with E-state index in [-0.39, 0.29) is 11.4 Å². The summed E-state index contributed by atoms with van der Waals surface area (Å²) in [6.07, 6.45) is 7.16. The molecule has 1 rings (SSSR count). The topological polar surface area (TPSA) is 26.3 Å². The molecule has 0 unspecified atom stereocenters. The summed E-state index contributed by atoms with van der Waals surface area (Å²) in [5.41, 5.74) is 0.272. The van der Waals surface area contributed by atoms with E-state index in [2.05, 4.69) is 11.7 Å². The van der Waals surface area contributed by atoms with Crippen LogP contribution in [0.3, 0.4) is 0 Å². The third-order valence-electron chi connectivity index (χ3n) is 2.32. The van der Waals surface area contributed by atoms with E-state index in [9.17, 15) is 4.79 Å². The van der Waals surface area contributed by atoms with E-state index in [1.54, 1.807) is 0 Å². The van der Waals surface area contributed by atoms with Gasteiger partial charge in [-0.2, -0.15) is 0 Å². The van der Waals surface area contributed by atoms with Crippen LogP contribution in [0.25, 0.3) is 0 Å². The first-order valence-electron chi connectivity index (χ1n) is 3.93. The highest BCUT2D eigenvalue weighted by Crippen LogP contribution is 2.41. The van der Waals surface area contributed by atoms with Crippen LogP contribution in [-0.4, -0.2) is 13.1 Å². The van der Waals surface area contributed by atoms with Gasteiger partial charge in [0.15, 0.2) is 0 Å². The van der Waals surface area contributed by atoms with Gasteiger partial charge in [0.2, 0.25) is 0 Å². The number of esters is 1. The van der Waals surface area contributed by atoms with Crippen LogP contribution in [0, 0.1) is 5.41 Å². The number of allylic oxidation sites excluding steroid dienone is 1. The van der Waals surface area contributed by atoms with E-state index < -0.39 is 0 Å². The zero-order valence-electron chi connectivity index (χ0n) is 7.09. The predicted molar refractivity (Wildman–Crippen MR) is 43.1 cm³/mol. The van der Waals surface area contributed by atoms with Crippen molar-refractivity contribution in [3.05, 3.63) is 12.2 Å². The maximum absolute atomic E-state index is 10.7. The van der Waals surface area contributed by atoms with Crippen molar-refractivity contribution < 1.29 is 9.53 Å². The summed E-state index contributed by atoms with van der Waals surface area (Å²) in [6.45, 7) is 2.16. The maximum atomic E-state index is 10.7. The smallest absolute Gasteiger partial charge is 0.330 e. The first kappa shape index (κ1) is 8.31. The largest absolute Gasteiger partial charge is 0.466 e. The van der Waals surface area contributed by atoms with Crippen molar-refractivity contribution in [2.24, 2.45) is 5.41 Å². The number of carbonyl (C=O) groups is 1. The van der Waals surface area contributed by atoms with Gasteiger partial charge >= 0.3 is 5.97 Å². The van der Waals surface area contributed by atoms with Gasteiger partial charge < -0.3 is 4.74 Å². The van der Waals surface area contributed by atoms with Crippen LogP contribution < -0.4 is 0 Å². The molecule has 0 N–H and O–H groups in total. The SMILES string of the molecule is COC(=O)/C=C/C1(C)CCC1. The molecule has 11 heavy (non-hydrogen) atoms. The van der Waals surface area contributed by atoms with Crippen molar-refractivity contribution in [2.45, 2.75) is 26.2 Å². The fourth-order valence-corrected chi connectivity index (χ4v) is 1.24. The molecular formula is C9H14O2. The normalized spacial score (nSPS) is 21.3. The Labute approximate surface area is 67.2 Å². The Kier molecular flexibility index (Phi) is 2.32. The Balaban J connectivity index is 2.39. The van der Waals surface area contributed by atoms with Crippen molar-refractivity contribution in [3.63, 3.8) is 0 Å². The van der Waals surface area contributed by atoms with E-state index in [0.717, 1.165) is 0 Å². The van der Waals surface area contributed by atoms with Gasteiger partial charge in [-0.1, -0.05) is 19.4 Å². The second-order valence-electron chi connectivity index (χ2n) is 3.36. The van der Waals surface area contributed by atoms with Crippen molar-refractivity contribution in [3.8, 4) is 0 Å². The number of hydrogen-bond acceptors (Lipinski definition) is 2. The van der Waals surface area contributed by atoms with Gasteiger partial charge in [0.25, 0.3) is 0 Å². The van der Waals surface area contributed by atoms with Gasteiger partial charge in [0, 0.05) is 6.08 Å². The van der Waals surface area contributed by atoms with Crippen molar-refractivity contribution in [2.75, 3.05) is 7.11 Å². The summed E-state index contributed by atoms with van der Waals surface area (Å²) >= 11 is 0. The van der Waals surface area contributed by atoms with Crippen LogP contribution >= 0.6 is 0 Å². The van der Waals surface area contributed by atoms with Crippen LogP contribution in [0.2, 0.25) is 0 Å². The zero-order valence-corrected chi connectivity index (χ0v) is 7.09. The molecule has 0 aromatic rings. The molecule has 1 fully saturated rings. The number of methoxy groups -OCH3 is 1. The first-order chi connectivity index (χ1) is 5.16. The van der Waals surface area contributed by atoms with E-state index in [4.69, 9.17) is 0 Å². The molecule has 0 aromatic carbocycles. The molecule has 2 heteroatoms. The Morgan fingerprint density at radius 3 is 2.55 bits per heavy atom. The summed E-state index contributed by atoms with van der Waals surface area (Å²) in [5, 5.41) is 0. The molecule has 1 saturated carbocycles. The van der Waals surface area contributed by atoms with Crippen molar-refractivity contribution in [1.29, 1.82) is 0 Å². The van der Waals surface area contributed by atoms with Gasteiger partial charge in [-0.3, -0.25) is 0 Å². The van der Waals surface area contributed by atoms with Gasteiger partial charge in [-0.05, 0) is 18.3 Å². The lowest BCUT2D eigenvalue weighted by Crippen LogP contribution is -2.22. The van der Waals surface area contributed by atoms with Crippen molar-refractivity contribution in [1.82, 2.24) is 0 Å². The lowest BCUT2D eigenvalue weighted by atomic mass is 9.70. The second-order valence-corrected chi connectivity index (χ2v) is 3.36. The Morgan fingerprint density at radius 1 is 1.55 bits per heavy atom. The third-order valence-corrected chi connectivity index (χ3v) is 2.32. The van der Waals surface area contributed by atoms with E-state index in [0.29, 0.717) is 0 Å². The molecule has 0 bridgehead atoms. The molecule has 62 valence electrons. The summed E-state index contributed by atoms with van der Waals surface area (Å²) in [6, 6.07) is 0. The molecule has 0 aliphatic heterocycles. The van der Waals surface area contributed by atoms with Gasteiger partial charge in [-0.25, -0.2) is 4.79 Å². The highest BCUT2D eigenvalue weighted by atomic mass is 16.5. The van der Waals surface area contributed by atoms with E-state index in [1.165, 1.54) is 32.4 Å². The summed E-state index contributed by atoms with van der Waals surface area (Å²) < 4.78 is 4.49. The van der Waals surface area contributed by atoms with Crippen LogP contribution in [0.4, 0.5) is 0 Å². The molecule has 2 nitrogen and oxygen atoms in total. The van der Waals surface area contributed by atoms with Crippen LogP contribution in [0.5, 0.6) is 0 Å². The van der Waals surface area contributed by atoms with E-state index in [1.807, 2.05) is 6.08 Å². The molecule has 0 heterocycles. The Morgan fingerprint density at radius 2 is 2.18 bits per heavy atom. The summed E-state index contributed by atoms with van der Waals surface area (Å²) in [4.78, 5) is 10.7. The predicted octanol–water partition coefficient (Wildman–Crippen LogP) is 1.91. The van der Waals surface area contributed by atoms with Gasteiger partial charge in [0.05, 0.1) is 7.11 Å². The standard InChI is InChI=1S/C9H14O2/c1-9(5-3-6-9)7-4-8(10)11-2/h4,7H,3,5-6H2,1-2H3/b7-4+. The maximum Gasteiger partial charge on any atom is 0.330 e. The number of hydrogen-bond donors (Lipinski definition) is 0. The minimum Gasteiger partial charge on any atom is -0.466 e. The Hall–Kier alpha value is -0.790. The number of ether oxygens (including phenoxy) is 1. The lowest BCUT2D eigenvalue weighted by Gasteiger charge is -2.35. The third kappa shape index (κ3) is 2.07. The monoisotopic (exact) mass is 154 g/mol. The molecule has 0 spiro atoms. The second kappa shape index (κ2) is 3.07. The summed E-state index contributed by atoms with van der Waals surface area (Å²) in [5.74, 6) is -0.252. The summed E-state index contributed by atoms with van der Waals surface area (Å²) in [7, 11) is 1.40. The van der Waals surface area contributed by atoms with Crippen molar-refractivity contribution >= 4 is 5.97 Å². The highest BCUT2D eigenvalue weighted by molar-refractivity contribution is 5.81. The first-order valence-corrected chi connectivity index (χ1v) is 3.93. The molecule has 1 aliphatic carbocycles. The molecular weight excluding hydrogens is 140 g/mol. The zero-order chi connectivity index (χ0) is 8.32. The Bertz CT molecular complexity index is 178. The quantitative estimate of drug-likeness (QED) is 0.448. The lowest BCUT2D eigenvalue weighted by molar-refractivity contribution is -0.134. The highest BCUT2D eigenvalue weighted by Gasteiger charge is 2.28. The van der Waals surface area contributed by atoms with Gasteiger partial charge in [-0.15, -0.1) is 0 Å². The minimum atomic E-state index is -0.252. The molecule has 0 aromatic heterocycles. The molecule has 1 aliphatic rings. The number of carbonyl (C=O) groups excluding carboxylic acids is 1. The van der Waals surface area contributed by atoms with Gasteiger partial charge in [0.1, 0.15) is 0 Å². The van der Waals surface area contributed by atoms with E-state index >= 15 is 0 Å².